The molecule has 4 rings (SSSR count). The number of nitrogens with one attached hydrogen (secondary N) is 1. The standard InChI is InChI=1S/C16H16ClN3OS/c1-9-14(22-8-18-9)15-19-13-5-4-11(17)6-12(13)16(21)20(15)7-10-2-3-10/h4-6,8,10,15,19H,2-3,7H2,1H3/t15-/m1/s1. The summed E-state index contributed by atoms with van der Waals surface area (Å²) < 4.78 is 0. The van der Waals surface area contributed by atoms with Crippen molar-refractivity contribution in [2.45, 2.75) is 25.9 Å². The van der Waals surface area contributed by atoms with Crippen LogP contribution in [-0.2, 0) is 0 Å². The Balaban J connectivity index is 1.77. The van der Waals surface area contributed by atoms with E-state index in [1.807, 2.05) is 29.5 Å². The first-order valence-corrected chi connectivity index (χ1v) is 8.66. The van der Waals surface area contributed by atoms with Crippen molar-refractivity contribution in [1.29, 1.82) is 0 Å². The summed E-state index contributed by atoms with van der Waals surface area (Å²) in [6.07, 6.45) is 2.29. The lowest BCUT2D eigenvalue weighted by molar-refractivity contribution is 0.0675. The highest BCUT2D eigenvalue weighted by Gasteiger charge is 2.38. The van der Waals surface area contributed by atoms with Crippen LogP contribution in [-0.4, -0.2) is 22.3 Å². The molecule has 2 aromatic rings. The number of benzene rings is 1. The molecule has 1 aliphatic heterocycles. The first-order valence-electron chi connectivity index (χ1n) is 7.40. The number of thiazole rings is 1. The monoisotopic (exact) mass is 333 g/mol. The van der Waals surface area contributed by atoms with E-state index in [9.17, 15) is 4.79 Å². The molecule has 114 valence electrons. The molecule has 1 N–H and O–H groups in total. The van der Waals surface area contributed by atoms with Crippen LogP contribution in [0.1, 0.15) is 39.9 Å². The number of hydrogen-bond acceptors (Lipinski definition) is 4. The van der Waals surface area contributed by atoms with Gasteiger partial charge in [0, 0.05) is 17.3 Å². The minimum absolute atomic E-state index is 0.0564. The zero-order valence-corrected chi connectivity index (χ0v) is 13.7. The van der Waals surface area contributed by atoms with Crippen LogP contribution in [0.25, 0.3) is 0 Å². The van der Waals surface area contributed by atoms with Gasteiger partial charge in [-0.3, -0.25) is 4.79 Å². The molecule has 2 heterocycles. The average Bonchev–Trinajstić information content (AvgIpc) is 3.22. The molecule has 2 aliphatic rings. The summed E-state index contributed by atoms with van der Waals surface area (Å²) in [6.45, 7) is 2.78. The van der Waals surface area contributed by atoms with Gasteiger partial charge in [-0.05, 0) is 43.9 Å². The first-order chi connectivity index (χ1) is 10.6. The molecular weight excluding hydrogens is 318 g/mol. The number of aryl methyl sites for hydroxylation is 1. The van der Waals surface area contributed by atoms with Crippen LogP contribution in [0, 0.1) is 12.8 Å². The molecule has 4 nitrogen and oxygen atoms in total. The van der Waals surface area contributed by atoms with Crippen LogP contribution in [0.5, 0.6) is 0 Å². The van der Waals surface area contributed by atoms with E-state index in [0.29, 0.717) is 16.5 Å². The molecule has 1 fully saturated rings. The van der Waals surface area contributed by atoms with Crippen molar-refractivity contribution < 1.29 is 4.79 Å². The maximum Gasteiger partial charge on any atom is 0.257 e. The second-order valence-electron chi connectivity index (χ2n) is 5.94. The van der Waals surface area contributed by atoms with E-state index in [2.05, 4.69) is 10.3 Å². The molecule has 6 heteroatoms. The molecule has 1 aromatic heterocycles. The summed E-state index contributed by atoms with van der Waals surface area (Å²) in [7, 11) is 0. The smallest absolute Gasteiger partial charge is 0.257 e. The summed E-state index contributed by atoms with van der Waals surface area (Å²) >= 11 is 7.66. The number of aromatic nitrogens is 1. The van der Waals surface area contributed by atoms with E-state index in [1.165, 1.54) is 12.8 Å². The normalized spacial score (nSPS) is 20.7. The number of carbonyl (C=O) groups is 1. The Morgan fingerprint density at radius 1 is 1.45 bits per heavy atom. The van der Waals surface area contributed by atoms with Gasteiger partial charge in [0.15, 0.2) is 0 Å². The van der Waals surface area contributed by atoms with Crippen molar-refractivity contribution in [3.63, 3.8) is 0 Å². The Kier molecular flexibility index (Phi) is 3.35. The number of fused-ring (bicyclic) bond motifs is 1. The summed E-state index contributed by atoms with van der Waals surface area (Å²) in [6, 6.07) is 5.45. The SMILES string of the molecule is Cc1ncsc1[C@@H]1Nc2ccc(Cl)cc2C(=O)N1CC1CC1. The summed E-state index contributed by atoms with van der Waals surface area (Å²) in [4.78, 5) is 20.3. The number of anilines is 1. The van der Waals surface area contributed by atoms with E-state index >= 15 is 0 Å². The minimum atomic E-state index is -0.130. The molecule has 22 heavy (non-hydrogen) atoms. The molecular formula is C16H16ClN3OS. The lowest BCUT2D eigenvalue weighted by atomic mass is 10.1. The molecule has 1 amide bonds. The third-order valence-electron chi connectivity index (χ3n) is 4.26. The largest absolute Gasteiger partial charge is 0.360 e. The Morgan fingerprint density at radius 2 is 2.27 bits per heavy atom. The van der Waals surface area contributed by atoms with E-state index in [1.54, 1.807) is 17.4 Å². The molecule has 0 spiro atoms. The van der Waals surface area contributed by atoms with Crippen molar-refractivity contribution in [3.8, 4) is 0 Å². The predicted octanol–water partition coefficient (Wildman–Crippen LogP) is 4.08. The van der Waals surface area contributed by atoms with Crippen molar-refractivity contribution in [2.24, 2.45) is 5.92 Å². The maximum absolute atomic E-state index is 13.0. The van der Waals surface area contributed by atoms with Gasteiger partial charge in [-0.25, -0.2) is 4.98 Å². The Hall–Kier alpha value is -1.59. The number of nitrogens with zero attached hydrogens (tertiary/aromatic N) is 2. The minimum Gasteiger partial charge on any atom is -0.360 e. The fraction of sp³-hybridized carbons (Fsp3) is 0.375. The highest BCUT2D eigenvalue weighted by atomic mass is 35.5. The lowest BCUT2D eigenvalue weighted by Gasteiger charge is -2.37. The molecule has 1 aliphatic carbocycles. The van der Waals surface area contributed by atoms with Gasteiger partial charge in [-0.1, -0.05) is 11.6 Å². The zero-order chi connectivity index (χ0) is 15.3. The topological polar surface area (TPSA) is 45.2 Å². The number of amides is 1. The van der Waals surface area contributed by atoms with Gasteiger partial charge < -0.3 is 10.2 Å². The quantitative estimate of drug-likeness (QED) is 0.920. The van der Waals surface area contributed by atoms with Crippen molar-refractivity contribution in [3.05, 3.63) is 44.9 Å². The van der Waals surface area contributed by atoms with Gasteiger partial charge in [0.25, 0.3) is 5.91 Å². The van der Waals surface area contributed by atoms with Gasteiger partial charge >= 0.3 is 0 Å². The fourth-order valence-corrected chi connectivity index (χ4v) is 3.90. The van der Waals surface area contributed by atoms with Gasteiger partial charge in [-0.15, -0.1) is 11.3 Å². The van der Waals surface area contributed by atoms with E-state index in [4.69, 9.17) is 11.6 Å². The predicted molar refractivity (Wildman–Crippen MR) is 88.4 cm³/mol. The summed E-state index contributed by atoms with van der Waals surface area (Å²) in [5, 5.41) is 4.09. The van der Waals surface area contributed by atoms with Crippen LogP contribution >= 0.6 is 22.9 Å². The molecule has 0 saturated heterocycles. The van der Waals surface area contributed by atoms with Crippen molar-refractivity contribution in [2.75, 3.05) is 11.9 Å². The van der Waals surface area contributed by atoms with Crippen LogP contribution < -0.4 is 5.32 Å². The summed E-state index contributed by atoms with van der Waals surface area (Å²) in [5.41, 5.74) is 4.32. The molecule has 0 radical (unpaired) electrons. The summed E-state index contributed by atoms with van der Waals surface area (Å²) in [5.74, 6) is 0.683. The molecule has 1 saturated carbocycles. The van der Waals surface area contributed by atoms with Crippen molar-refractivity contribution in [1.82, 2.24) is 9.88 Å². The van der Waals surface area contributed by atoms with Gasteiger partial charge in [0.2, 0.25) is 0 Å². The number of halogens is 1. The molecule has 0 unspecified atom stereocenters. The second-order valence-corrected chi connectivity index (χ2v) is 7.26. The maximum atomic E-state index is 13.0. The number of rotatable bonds is 3. The average molecular weight is 334 g/mol. The van der Waals surface area contributed by atoms with Crippen LogP contribution in [0.2, 0.25) is 5.02 Å². The van der Waals surface area contributed by atoms with Gasteiger partial charge in [-0.2, -0.15) is 0 Å². The van der Waals surface area contributed by atoms with Gasteiger partial charge in [0.1, 0.15) is 6.17 Å². The third kappa shape index (κ3) is 2.38. The van der Waals surface area contributed by atoms with E-state index in [-0.39, 0.29) is 12.1 Å². The molecule has 1 aromatic carbocycles. The highest BCUT2D eigenvalue weighted by molar-refractivity contribution is 7.09. The van der Waals surface area contributed by atoms with Crippen LogP contribution in [0.4, 0.5) is 5.69 Å². The van der Waals surface area contributed by atoms with Crippen LogP contribution in [0.15, 0.2) is 23.7 Å². The number of hydrogen-bond donors (Lipinski definition) is 1. The second kappa shape index (κ2) is 5.25. The molecule has 0 bridgehead atoms. The van der Waals surface area contributed by atoms with Crippen LogP contribution in [0.3, 0.4) is 0 Å². The first kappa shape index (κ1) is 14.0. The Bertz CT molecular complexity index is 741. The lowest BCUT2D eigenvalue weighted by Crippen LogP contribution is -2.44. The number of carbonyl (C=O) groups excluding carboxylic acids is 1. The van der Waals surface area contributed by atoms with Crippen molar-refractivity contribution >= 4 is 34.5 Å². The Morgan fingerprint density at radius 3 is 2.95 bits per heavy atom. The highest BCUT2D eigenvalue weighted by Crippen LogP contribution is 2.40. The zero-order valence-electron chi connectivity index (χ0n) is 12.2. The van der Waals surface area contributed by atoms with Gasteiger partial charge in [0.05, 0.1) is 21.6 Å². The van der Waals surface area contributed by atoms with E-state index < -0.39 is 0 Å². The Labute approximate surface area is 138 Å². The molecule has 1 atom stereocenters. The third-order valence-corrected chi connectivity index (χ3v) is 5.48. The van der Waals surface area contributed by atoms with E-state index in [0.717, 1.165) is 22.8 Å². The fourth-order valence-electron chi connectivity index (χ4n) is 2.86.